The molecule has 0 atom stereocenters. The molecule has 0 aliphatic rings. The third-order valence-corrected chi connectivity index (χ3v) is 3.34. The largest absolute Gasteiger partial charge is 0.465 e. The molecule has 0 aliphatic heterocycles. The molecule has 2 heterocycles. The third kappa shape index (κ3) is 3.38. The molecular weight excluding hydrogens is 348 g/mol. The molecule has 1 aromatic carbocycles. The van der Waals surface area contributed by atoms with Gasteiger partial charge in [-0.25, -0.2) is 18.6 Å². The molecule has 2 aromatic heterocycles. The van der Waals surface area contributed by atoms with Gasteiger partial charge in [0.15, 0.2) is 11.5 Å². The van der Waals surface area contributed by atoms with Gasteiger partial charge in [0.2, 0.25) is 0 Å². The van der Waals surface area contributed by atoms with Crippen LogP contribution < -0.4 is 5.32 Å². The van der Waals surface area contributed by atoms with Crippen molar-refractivity contribution in [2.24, 2.45) is 0 Å². The summed E-state index contributed by atoms with van der Waals surface area (Å²) in [6.45, 7) is 0. The molecule has 0 fully saturated rings. The number of methoxy groups -OCH3 is 1. The maximum Gasteiger partial charge on any atom is 0.342 e. The molecule has 8 nitrogen and oxygen atoms in total. The molecule has 3 rings (SSSR count). The first-order valence-electron chi connectivity index (χ1n) is 7.20. The fourth-order valence-corrected chi connectivity index (χ4v) is 2.15. The number of hydrogen-bond donors (Lipinski definition) is 1. The first-order valence-corrected chi connectivity index (χ1v) is 7.20. The van der Waals surface area contributed by atoms with Gasteiger partial charge in [0.25, 0.3) is 5.91 Å². The summed E-state index contributed by atoms with van der Waals surface area (Å²) in [5.41, 5.74) is -1.08. The first-order chi connectivity index (χ1) is 12.5. The van der Waals surface area contributed by atoms with Gasteiger partial charge >= 0.3 is 5.97 Å². The number of halogens is 2. The van der Waals surface area contributed by atoms with Crippen molar-refractivity contribution in [1.82, 2.24) is 19.7 Å². The van der Waals surface area contributed by atoms with Crippen molar-refractivity contribution in [3.63, 3.8) is 0 Å². The highest BCUT2D eigenvalue weighted by molar-refractivity contribution is 6.07. The average molecular weight is 359 g/mol. The van der Waals surface area contributed by atoms with Gasteiger partial charge < -0.3 is 10.1 Å². The molecule has 0 saturated carbocycles. The number of benzene rings is 1. The second kappa shape index (κ2) is 7.05. The second-order valence-corrected chi connectivity index (χ2v) is 5.00. The summed E-state index contributed by atoms with van der Waals surface area (Å²) in [5, 5.41) is 9.86. The van der Waals surface area contributed by atoms with Crippen LogP contribution in [0.3, 0.4) is 0 Å². The minimum Gasteiger partial charge on any atom is -0.465 e. The lowest BCUT2D eigenvalue weighted by atomic mass is 10.1. The summed E-state index contributed by atoms with van der Waals surface area (Å²) in [5.74, 6) is -3.56. The molecule has 132 valence electrons. The van der Waals surface area contributed by atoms with Crippen LogP contribution >= 0.6 is 0 Å². The van der Waals surface area contributed by atoms with Crippen LogP contribution in [0.5, 0.6) is 0 Å². The van der Waals surface area contributed by atoms with Crippen LogP contribution in [-0.4, -0.2) is 38.7 Å². The van der Waals surface area contributed by atoms with Crippen molar-refractivity contribution in [3.8, 4) is 5.82 Å². The van der Waals surface area contributed by atoms with Gasteiger partial charge in [0.1, 0.15) is 23.5 Å². The maximum absolute atomic E-state index is 13.9. The van der Waals surface area contributed by atoms with E-state index in [4.69, 9.17) is 0 Å². The van der Waals surface area contributed by atoms with Crippen molar-refractivity contribution in [2.45, 2.75) is 0 Å². The predicted octanol–water partition coefficient (Wildman–Crippen LogP) is 1.98. The van der Waals surface area contributed by atoms with Crippen LogP contribution in [0.4, 0.5) is 14.5 Å². The minimum atomic E-state index is -1.16. The second-order valence-electron chi connectivity index (χ2n) is 5.00. The smallest absolute Gasteiger partial charge is 0.342 e. The average Bonchev–Trinajstić information content (AvgIpc) is 3.15. The molecule has 10 heteroatoms. The van der Waals surface area contributed by atoms with Gasteiger partial charge in [-0.15, -0.1) is 10.2 Å². The number of aromatic nitrogens is 4. The predicted molar refractivity (Wildman–Crippen MR) is 84.8 cm³/mol. The number of anilines is 1. The summed E-state index contributed by atoms with van der Waals surface area (Å²) in [4.78, 5) is 27.8. The molecule has 3 aromatic rings. The topological polar surface area (TPSA) is 99.0 Å². The van der Waals surface area contributed by atoms with Crippen LogP contribution in [0, 0.1) is 11.6 Å². The Hall–Kier alpha value is -3.69. The van der Waals surface area contributed by atoms with E-state index in [0.29, 0.717) is 11.9 Å². The van der Waals surface area contributed by atoms with E-state index in [1.807, 2.05) is 0 Å². The minimum absolute atomic E-state index is 0.116. The number of esters is 1. The number of amides is 1. The van der Waals surface area contributed by atoms with Crippen LogP contribution in [-0.2, 0) is 4.74 Å². The van der Waals surface area contributed by atoms with Gasteiger partial charge in [-0.3, -0.25) is 9.36 Å². The summed E-state index contributed by atoms with van der Waals surface area (Å²) >= 11 is 0. The number of ether oxygens (including phenoxy) is 1. The molecule has 0 saturated heterocycles. The van der Waals surface area contributed by atoms with Gasteiger partial charge in [0.05, 0.1) is 12.8 Å². The molecule has 0 spiro atoms. The van der Waals surface area contributed by atoms with E-state index in [1.165, 1.54) is 18.5 Å². The van der Waals surface area contributed by atoms with Gasteiger partial charge in [-0.2, -0.15) is 0 Å². The van der Waals surface area contributed by atoms with Gasteiger partial charge in [-0.05, 0) is 18.2 Å². The van der Waals surface area contributed by atoms with Crippen molar-refractivity contribution in [3.05, 3.63) is 65.9 Å². The number of carbonyl (C=O) groups excluding carboxylic acids is 2. The summed E-state index contributed by atoms with van der Waals surface area (Å²) in [6.07, 6.45) is 4.69. The highest BCUT2D eigenvalue weighted by atomic mass is 19.1. The summed E-state index contributed by atoms with van der Waals surface area (Å²) in [6, 6.07) is 4.20. The molecule has 0 radical (unpaired) electrons. The first kappa shape index (κ1) is 17.1. The number of nitrogens with one attached hydrogen (secondary N) is 1. The van der Waals surface area contributed by atoms with E-state index in [1.54, 1.807) is 17.0 Å². The van der Waals surface area contributed by atoms with E-state index in [9.17, 15) is 18.4 Å². The number of imidazole rings is 1. The lowest BCUT2D eigenvalue weighted by Gasteiger charge is -2.10. The third-order valence-electron chi connectivity index (χ3n) is 3.34. The normalized spacial score (nSPS) is 10.4. The Bertz CT molecular complexity index is 959. The lowest BCUT2D eigenvalue weighted by molar-refractivity contribution is 0.0596. The Kier molecular flexibility index (Phi) is 4.65. The monoisotopic (exact) mass is 359 g/mol. The van der Waals surface area contributed by atoms with E-state index >= 15 is 0 Å². The Morgan fingerprint density at radius 1 is 1.19 bits per heavy atom. The number of nitrogens with zero attached hydrogens (tertiary/aromatic N) is 4. The number of hydrogen-bond acceptors (Lipinski definition) is 6. The van der Waals surface area contributed by atoms with Crippen molar-refractivity contribution in [2.75, 3.05) is 12.4 Å². The van der Waals surface area contributed by atoms with Crippen LogP contribution in [0.25, 0.3) is 5.82 Å². The molecule has 0 bridgehead atoms. The lowest BCUT2D eigenvalue weighted by Crippen LogP contribution is -2.18. The van der Waals surface area contributed by atoms with Gasteiger partial charge in [-0.1, -0.05) is 0 Å². The SMILES string of the molecule is COC(=O)c1c(F)cc(F)cc1NC(=O)c1ccc(-n2ccnc2)nn1. The Balaban J connectivity index is 1.87. The fraction of sp³-hybridized carbons (Fsp3) is 0.0625. The molecule has 1 N–H and O–H groups in total. The molecule has 0 aliphatic carbocycles. The van der Waals surface area contributed by atoms with Gasteiger partial charge in [0, 0.05) is 18.5 Å². The van der Waals surface area contributed by atoms with E-state index < -0.39 is 29.1 Å². The van der Waals surface area contributed by atoms with E-state index in [0.717, 1.165) is 13.2 Å². The van der Waals surface area contributed by atoms with Crippen LogP contribution in [0.15, 0.2) is 43.0 Å². The highest BCUT2D eigenvalue weighted by Gasteiger charge is 2.21. The zero-order chi connectivity index (χ0) is 18.7. The molecule has 26 heavy (non-hydrogen) atoms. The Labute approximate surface area is 145 Å². The summed E-state index contributed by atoms with van der Waals surface area (Å²) in [7, 11) is 1.04. The molecular formula is C16H11F2N5O3. The number of rotatable bonds is 4. The van der Waals surface area contributed by atoms with E-state index in [2.05, 4.69) is 25.2 Å². The Morgan fingerprint density at radius 2 is 2.00 bits per heavy atom. The van der Waals surface area contributed by atoms with Crippen molar-refractivity contribution < 1.29 is 23.1 Å². The van der Waals surface area contributed by atoms with Crippen LogP contribution in [0.2, 0.25) is 0 Å². The van der Waals surface area contributed by atoms with Crippen LogP contribution in [0.1, 0.15) is 20.8 Å². The van der Waals surface area contributed by atoms with Crippen molar-refractivity contribution >= 4 is 17.6 Å². The van der Waals surface area contributed by atoms with Crippen molar-refractivity contribution in [1.29, 1.82) is 0 Å². The maximum atomic E-state index is 13.9. The number of carbonyl (C=O) groups is 2. The standard InChI is InChI=1S/C16H11F2N5O3/c1-26-16(25)14-10(18)6-9(17)7-12(14)20-15(24)11-2-3-13(22-21-11)23-5-4-19-8-23/h2-8H,1H3,(H,20,24). The fourth-order valence-electron chi connectivity index (χ4n) is 2.15. The summed E-state index contributed by atoms with van der Waals surface area (Å²) < 4.78 is 33.4. The quantitative estimate of drug-likeness (QED) is 0.715. The highest BCUT2D eigenvalue weighted by Crippen LogP contribution is 2.22. The zero-order valence-corrected chi connectivity index (χ0v) is 13.3. The Morgan fingerprint density at radius 3 is 2.62 bits per heavy atom. The molecule has 1 amide bonds. The molecule has 0 unspecified atom stereocenters. The zero-order valence-electron chi connectivity index (χ0n) is 13.3. The van der Waals surface area contributed by atoms with E-state index in [-0.39, 0.29) is 11.4 Å².